The summed E-state index contributed by atoms with van der Waals surface area (Å²) < 4.78 is 31.4. The van der Waals surface area contributed by atoms with Gasteiger partial charge in [0.1, 0.15) is 30.5 Å². The van der Waals surface area contributed by atoms with E-state index in [4.69, 9.17) is 34.2 Å². The number of rotatable bonds is 15. The first-order valence-corrected chi connectivity index (χ1v) is 13.6. The Balaban J connectivity index is 3.29. The number of carboxylic acids is 1. The van der Waals surface area contributed by atoms with Crippen molar-refractivity contribution in [1.29, 1.82) is 0 Å². The molecule has 40 heavy (non-hydrogen) atoms. The van der Waals surface area contributed by atoms with Gasteiger partial charge in [-0.3, -0.25) is 4.79 Å². The van der Waals surface area contributed by atoms with Crippen molar-refractivity contribution in [3.05, 3.63) is 23.8 Å². The lowest BCUT2D eigenvalue weighted by Crippen LogP contribution is -2.38. The molecule has 0 aliphatic carbocycles. The standard InChI is InChI=1S/C28H43NO11/c1-8-11-18(6)37-26(32)38-19(7)14-21(24(29)25(30)31)20-12-13-22(39-27(33)35-16(4)9-2)23(15-20)40-28(34)36-17(5)10-3/h12-13,15-19,21,24H,8-11,14,29H2,1-7H3,(H,30,31)/t16?,17?,18?,19?,21?,24-/m0/s1. The lowest BCUT2D eigenvalue weighted by Gasteiger charge is -2.25. The van der Waals surface area contributed by atoms with Crippen molar-refractivity contribution in [3.63, 3.8) is 0 Å². The average molecular weight is 570 g/mol. The van der Waals surface area contributed by atoms with E-state index in [2.05, 4.69) is 0 Å². The number of hydrogen-bond acceptors (Lipinski definition) is 11. The maximum absolute atomic E-state index is 12.4. The molecule has 1 aromatic rings. The molecule has 12 heteroatoms. The van der Waals surface area contributed by atoms with Gasteiger partial charge in [-0.1, -0.05) is 33.3 Å². The van der Waals surface area contributed by atoms with Gasteiger partial charge in [-0.25, -0.2) is 14.4 Å². The van der Waals surface area contributed by atoms with Crippen molar-refractivity contribution in [2.24, 2.45) is 5.73 Å². The Kier molecular flexibility index (Phi) is 14.8. The van der Waals surface area contributed by atoms with Crippen LogP contribution in [0.2, 0.25) is 0 Å². The molecule has 0 spiro atoms. The number of hydrogen-bond donors (Lipinski definition) is 2. The molecule has 0 aliphatic rings. The van der Waals surface area contributed by atoms with E-state index >= 15 is 0 Å². The average Bonchev–Trinajstić information content (AvgIpc) is 2.87. The van der Waals surface area contributed by atoms with Crippen LogP contribution < -0.4 is 15.2 Å². The second kappa shape index (κ2) is 17.2. The maximum atomic E-state index is 12.4. The highest BCUT2D eigenvalue weighted by atomic mass is 16.8. The predicted molar refractivity (Wildman–Crippen MR) is 145 cm³/mol. The Morgan fingerprint density at radius 2 is 1.25 bits per heavy atom. The van der Waals surface area contributed by atoms with Crippen LogP contribution in [0.3, 0.4) is 0 Å². The number of carboxylic acid groups (broad SMARTS) is 1. The van der Waals surface area contributed by atoms with Gasteiger partial charge in [0.05, 0.1) is 0 Å². The molecule has 1 aromatic carbocycles. The van der Waals surface area contributed by atoms with Crippen molar-refractivity contribution < 1.29 is 52.7 Å². The van der Waals surface area contributed by atoms with Crippen LogP contribution in [0.25, 0.3) is 0 Å². The number of aliphatic carboxylic acids is 1. The zero-order chi connectivity index (χ0) is 30.4. The van der Waals surface area contributed by atoms with Gasteiger partial charge in [0.15, 0.2) is 11.5 Å². The van der Waals surface area contributed by atoms with E-state index in [0.717, 1.165) is 6.42 Å². The Labute approximate surface area is 235 Å². The largest absolute Gasteiger partial charge is 0.514 e. The van der Waals surface area contributed by atoms with Crippen LogP contribution in [-0.4, -0.2) is 60.0 Å². The molecule has 0 fully saturated rings. The minimum absolute atomic E-state index is 0.00224. The molecule has 0 saturated heterocycles. The molecule has 0 radical (unpaired) electrons. The van der Waals surface area contributed by atoms with Crippen LogP contribution in [0, 0.1) is 0 Å². The SMILES string of the molecule is CCCC(C)OC(=O)OC(C)CC(c1ccc(OC(=O)OC(C)CC)c(OC(=O)OC(C)CC)c1)[C@H](N)C(=O)O. The van der Waals surface area contributed by atoms with Gasteiger partial charge in [0.25, 0.3) is 0 Å². The van der Waals surface area contributed by atoms with E-state index in [1.165, 1.54) is 18.2 Å². The Bertz CT molecular complexity index is 983. The highest BCUT2D eigenvalue weighted by Gasteiger charge is 2.31. The zero-order valence-electron chi connectivity index (χ0n) is 24.3. The van der Waals surface area contributed by atoms with Gasteiger partial charge >= 0.3 is 24.4 Å². The molecule has 0 heterocycles. The monoisotopic (exact) mass is 569 g/mol. The number of ether oxygens (including phenoxy) is 6. The first kappa shape index (κ1) is 34.5. The summed E-state index contributed by atoms with van der Waals surface area (Å²) in [5, 5.41) is 9.66. The van der Waals surface area contributed by atoms with Gasteiger partial charge in [0.2, 0.25) is 0 Å². The number of carbonyl (C=O) groups is 4. The second-order valence-electron chi connectivity index (χ2n) is 9.69. The van der Waals surface area contributed by atoms with Gasteiger partial charge < -0.3 is 39.3 Å². The zero-order valence-corrected chi connectivity index (χ0v) is 24.3. The smallest absolute Gasteiger partial charge is 0.480 e. The summed E-state index contributed by atoms with van der Waals surface area (Å²) in [5.74, 6) is -2.57. The summed E-state index contributed by atoms with van der Waals surface area (Å²) in [6, 6.07) is 2.71. The molecule has 0 aromatic heterocycles. The van der Waals surface area contributed by atoms with E-state index in [9.17, 15) is 24.3 Å². The molecule has 0 amide bonds. The van der Waals surface area contributed by atoms with E-state index in [1.54, 1.807) is 27.7 Å². The lowest BCUT2D eigenvalue weighted by atomic mass is 9.87. The molecule has 12 nitrogen and oxygen atoms in total. The predicted octanol–water partition coefficient (Wildman–Crippen LogP) is 5.93. The fourth-order valence-corrected chi connectivity index (χ4v) is 3.53. The Hall–Kier alpha value is -3.54. The Morgan fingerprint density at radius 1 is 0.750 bits per heavy atom. The molecule has 6 atom stereocenters. The third-order valence-electron chi connectivity index (χ3n) is 6.12. The molecule has 0 saturated carbocycles. The van der Waals surface area contributed by atoms with E-state index in [-0.39, 0.29) is 24.0 Å². The van der Waals surface area contributed by atoms with E-state index in [0.29, 0.717) is 24.8 Å². The van der Waals surface area contributed by atoms with Crippen molar-refractivity contribution in [2.75, 3.05) is 0 Å². The molecule has 1 rings (SSSR count). The van der Waals surface area contributed by atoms with Gasteiger partial charge in [-0.15, -0.1) is 0 Å². The normalized spacial score (nSPS) is 15.4. The van der Waals surface area contributed by atoms with Gasteiger partial charge in [-0.2, -0.15) is 0 Å². The van der Waals surface area contributed by atoms with Crippen molar-refractivity contribution >= 4 is 24.4 Å². The van der Waals surface area contributed by atoms with Gasteiger partial charge in [-0.05, 0) is 71.1 Å². The molecule has 3 N–H and O–H groups in total. The highest BCUT2D eigenvalue weighted by Crippen LogP contribution is 2.35. The number of benzene rings is 1. The fraction of sp³-hybridized carbons (Fsp3) is 0.643. The molecule has 0 bridgehead atoms. The quantitative estimate of drug-likeness (QED) is 0.145. The summed E-state index contributed by atoms with van der Waals surface area (Å²) in [5.41, 5.74) is 6.33. The first-order valence-electron chi connectivity index (χ1n) is 13.6. The number of nitrogens with two attached hydrogens (primary N) is 1. The molecule has 5 unspecified atom stereocenters. The molecular formula is C28H43NO11. The first-order chi connectivity index (χ1) is 18.8. The molecule has 0 aliphatic heterocycles. The highest BCUT2D eigenvalue weighted by molar-refractivity contribution is 5.75. The summed E-state index contributed by atoms with van der Waals surface area (Å²) >= 11 is 0. The van der Waals surface area contributed by atoms with Crippen molar-refractivity contribution in [2.45, 2.75) is 117 Å². The summed E-state index contributed by atoms with van der Waals surface area (Å²) in [7, 11) is 0. The van der Waals surface area contributed by atoms with E-state index in [1.807, 2.05) is 20.8 Å². The van der Waals surface area contributed by atoms with Crippen LogP contribution in [0.15, 0.2) is 18.2 Å². The van der Waals surface area contributed by atoms with E-state index < -0.39 is 54.7 Å². The van der Waals surface area contributed by atoms with Crippen LogP contribution in [0.1, 0.15) is 92.1 Å². The minimum Gasteiger partial charge on any atom is -0.480 e. The number of carbonyl (C=O) groups excluding carboxylic acids is 3. The van der Waals surface area contributed by atoms with Crippen LogP contribution in [0.4, 0.5) is 14.4 Å². The lowest BCUT2D eigenvalue weighted by molar-refractivity contribution is -0.139. The molecule has 226 valence electrons. The third-order valence-corrected chi connectivity index (χ3v) is 6.12. The Morgan fingerprint density at radius 3 is 1.75 bits per heavy atom. The van der Waals surface area contributed by atoms with Crippen LogP contribution >= 0.6 is 0 Å². The summed E-state index contributed by atoms with van der Waals surface area (Å²) in [6.07, 6.45) is -2.34. The topological polar surface area (TPSA) is 170 Å². The van der Waals surface area contributed by atoms with Crippen molar-refractivity contribution in [3.8, 4) is 11.5 Å². The van der Waals surface area contributed by atoms with Gasteiger partial charge in [0, 0.05) is 5.92 Å². The van der Waals surface area contributed by atoms with Crippen molar-refractivity contribution in [1.82, 2.24) is 0 Å². The summed E-state index contributed by atoms with van der Waals surface area (Å²) in [6.45, 7) is 12.3. The van der Waals surface area contributed by atoms with Crippen LogP contribution in [-0.2, 0) is 23.7 Å². The second-order valence-corrected chi connectivity index (χ2v) is 9.69. The fourth-order valence-electron chi connectivity index (χ4n) is 3.53. The maximum Gasteiger partial charge on any atom is 0.514 e. The van der Waals surface area contributed by atoms with Crippen LogP contribution in [0.5, 0.6) is 11.5 Å². The minimum atomic E-state index is -1.41. The third kappa shape index (κ3) is 12.1. The summed E-state index contributed by atoms with van der Waals surface area (Å²) in [4.78, 5) is 48.7. The molecular weight excluding hydrogens is 526 g/mol.